The van der Waals surface area contributed by atoms with Gasteiger partial charge in [-0.05, 0) is 12.3 Å². The maximum Gasteiger partial charge on any atom is 0.0646 e. The molecule has 0 heterocycles. The van der Waals surface area contributed by atoms with E-state index in [9.17, 15) is 0 Å². The fraction of sp³-hybridized carbons (Fsp3) is 1.00. The fourth-order valence-corrected chi connectivity index (χ4v) is 3.66. The van der Waals surface area contributed by atoms with Gasteiger partial charge in [0.15, 0.2) is 0 Å². The van der Waals surface area contributed by atoms with E-state index in [2.05, 4.69) is 0 Å². The third kappa shape index (κ3) is 5.36. The van der Waals surface area contributed by atoms with Gasteiger partial charge < -0.3 is 20.4 Å². The molecule has 0 bridgehead atoms. The van der Waals surface area contributed by atoms with Gasteiger partial charge in [-0.2, -0.15) is 0 Å². The Hall–Kier alpha value is 0.700. The Kier molecular flexibility index (Phi) is 8.79. The molecule has 4 N–H and O–H groups in total. The topological polar surface area (TPSA) is 80.9 Å². The lowest BCUT2D eigenvalue weighted by Crippen LogP contribution is -2.01. The molecule has 0 saturated carbocycles. The molecule has 0 atom stereocenters. The van der Waals surface area contributed by atoms with Crippen molar-refractivity contribution in [2.24, 2.45) is 0 Å². The van der Waals surface area contributed by atoms with Crippen molar-refractivity contribution in [3.8, 4) is 0 Å². The third-order valence-corrected chi connectivity index (χ3v) is 5.20. The van der Waals surface area contributed by atoms with Crippen molar-refractivity contribution in [2.45, 2.75) is 0 Å². The molecule has 0 fully saturated rings. The van der Waals surface area contributed by atoms with Crippen LogP contribution in [0, 0.1) is 0 Å². The Bertz CT molecular complexity index is 83.5. The summed E-state index contributed by atoms with van der Waals surface area (Å²) in [6.07, 6.45) is 1.60. The van der Waals surface area contributed by atoms with Crippen LogP contribution in [0.3, 0.4) is 0 Å². The fourth-order valence-electron chi connectivity index (χ4n) is 0.655. The maximum atomic E-state index is 8.74. The molecule has 0 unspecified atom stereocenters. The van der Waals surface area contributed by atoms with Crippen LogP contribution in [0.25, 0.3) is 0 Å². The first-order chi connectivity index (χ1) is 5.78. The second-order valence-electron chi connectivity index (χ2n) is 2.35. The Morgan fingerprint density at radius 3 is 1.00 bits per heavy atom. The van der Waals surface area contributed by atoms with Gasteiger partial charge in [0.05, 0.1) is 25.4 Å². The highest BCUT2D eigenvalue weighted by molar-refractivity contribution is 7.61. The smallest absolute Gasteiger partial charge is 0.0646 e. The van der Waals surface area contributed by atoms with Crippen LogP contribution in [-0.4, -0.2) is 58.1 Å². The zero-order valence-electron chi connectivity index (χ0n) is 6.93. The SMILES string of the molecule is OCP(CO)CCP(CO)CO. The number of hydrogen-bond donors (Lipinski definition) is 4. The quantitative estimate of drug-likeness (QED) is 0.440. The molecule has 74 valence electrons. The predicted molar refractivity (Wildman–Crippen MR) is 51.9 cm³/mol. The zero-order valence-corrected chi connectivity index (χ0v) is 8.71. The first-order valence-electron chi connectivity index (χ1n) is 3.66. The predicted octanol–water partition coefficient (Wildman–Crippen LogP) is -0.251. The zero-order chi connectivity index (χ0) is 9.40. The second-order valence-corrected chi connectivity index (χ2v) is 7.06. The molecule has 0 aromatic rings. The Labute approximate surface area is 74.7 Å². The minimum atomic E-state index is -0.695. The van der Waals surface area contributed by atoms with Gasteiger partial charge in [0.2, 0.25) is 0 Å². The van der Waals surface area contributed by atoms with Crippen LogP contribution >= 0.6 is 15.8 Å². The minimum absolute atomic E-state index is 0.0336. The monoisotopic (exact) mass is 214 g/mol. The van der Waals surface area contributed by atoms with Crippen molar-refractivity contribution in [1.29, 1.82) is 0 Å². The summed E-state index contributed by atoms with van der Waals surface area (Å²) in [7, 11) is -1.39. The molecule has 0 aliphatic heterocycles. The number of aliphatic hydroxyl groups excluding tert-OH is 4. The van der Waals surface area contributed by atoms with Crippen molar-refractivity contribution in [3.63, 3.8) is 0 Å². The molecule has 0 aliphatic rings. The molecule has 0 saturated heterocycles. The van der Waals surface area contributed by atoms with Gasteiger partial charge in [-0.15, -0.1) is 0 Å². The van der Waals surface area contributed by atoms with Crippen LogP contribution in [-0.2, 0) is 0 Å². The molecule has 0 aliphatic carbocycles. The summed E-state index contributed by atoms with van der Waals surface area (Å²) in [5.74, 6) is 0. The first-order valence-corrected chi connectivity index (χ1v) is 7.46. The number of rotatable bonds is 7. The number of aliphatic hydroxyl groups is 4. The molecule has 0 spiro atoms. The Morgan fingerprint density at radius 2 is 0.833 bits per heavy atom. The molecule has 0 aromatic heterocycles. The van der Waals surface area contributed by atoms with Crippen molar-refractivity contribution in [1.82, 2.24) is 0 Å². The van der Waals surface area contributed by atoms with E-state index in [4.69, 9.17) is 20.4 Å². The van der Waals surface area contributed by atoms with Gasteiger partial charge in [-0.3, -0.25) is 0 Å². The standard InChI is InChI=1S/C6H16O4P2/c7-3-11(4-8)1-2-12(5-9)6-10/h7-10H,1-6H2. The molecule has 0 rings (SSSR count). The van der Waals surface area contributed by atoms with Crippen molar-refractivity contribution < 1.29 is 20.4 Å². The van der Waals surface area contributed by atoms with Crippen LogP contribution in [0.1, 0.15) is 0 Å². The average molecular weight is 214 g/mol. The molecular formula is C6H16O4P2. The van der Waals surface area contributed by atoms with Crippen molar-refractivity contribution >= 4 is 15.8 Å². The lowest BCUT2D eigenvalue weighted by atomic mass is 11.0. The van der Waals surface area contributed by atoms with Gasteiger partial charge in [0.25, 0.3) is 0 Å². The molecule has 12 heavy (non-hydrogen) atoms. The highest BCUT2D eigenvalue weighted by Crippen LogP contribution is 2.40. The molecule has 0 amide bonds. The van der Waals surface area contributed by atoms with Gasteiger partial charge in [0, 0.05) is 0 Å². The highest BCUT2D eigenvalue weighted by atomic mass is 31.1. The summed E-state index contributed by atoms with van der Waals surface area (Å²) in [4.78, 5) is 0. The van der Waals surface area contributed by atoms with Gasteiger partial charge in [-0.25, -0.2) is 0 Å². The molecule has 4 nitrogen and oxygen atoms in total. The minimum Gasteiger partial charge on any atom is -0.392 e. The van der Waals surface area contributed by atoms with Crippen molar-refractivity contribution in [2.75, 3.05) is 37.7 Å². The van der Waals surface area contributed by atoms with Crippen LogP contribution in [0.5, 0.6) is 0 Å². The summed E-state index contributed by atoms with van der Waals surface area (Å²) in [6, 6.07) is 0. The van der Waals surface area contributed by atoms with Crippen LogP contribution in [0.4, 0.5) is 0 Å². The largest absolute Gasteiger partial charge is 0.392 e. The summed E-state index contributed by atoms with van der Waals surface area (Å²) >= 11 is 0. The van der Waals surface area contributed by atoms with E-state index >= 15 is 0 Å². The van der Waals surface area contributed by atoms with Crippen LogP contribution < -0.4 is 0 Å². The van der Waals surface area contributed by atoms with Crippen LogP contribution in [0.15, 0.2) is 0 Å². The lowest BCUT2D eigenvalue weighted by Gasteiger charge is -2.15. The Balaban J connectivity index is 3.49. The summed E-state index contributed by atoms with van der Waals surface area (Å²) in [6.45, 7) is 0. The van der Waals surface area contributed by atoms with Gasteiger partial charge >= 0.3 is 0 Å². The van der Waals surface area contributed by atoms with E-state index in [1.54, 1.807) is 0 Å². The third-order valence-electron chi connectivity index (χ3n) is 1.53. The number of hydrogen-bond acceptors (Lipinski definition) is 4. The van der Waals surface area contributed by atoms with Crippen LogP contribution in [0.2, 0.25) is 0 Å². The summed E-state index contributed by atoms with van der Waals surface area (Å²) < 4.78 is 0. The molecule has 6 heteroatoms. The van der Waals surface area contributed by atoms with Gasteiger partial charge in [0.1, 0.15) is 0 Å². The second kappa shape index (κ2) is 8.31. The highest BCUT2D eigenvalue weighted by Gasteiger charge is 2.09. The normalized spacial score (nSPS) is 11.5. The summed E-state index contributed by atoms with van der Waals surface area (Å²) in [5, 5.41) is 34.9. The molecule has 0 aromatic carbocycles. The van der Waals surface area contributed by atoms with E-state index in [0.717, 1.165) is 12.3 Å². The average Bonchev–Trinajstić information content (AvgIpc) is 2.13. The van der Waals surface area contributed by atoms with E-state index < -0.39 is 15.8 Å². The van der Waals surface area contributed by atoms with Crippen molar-refractivity contribution in [3.05, 3.63) is 0 Å². The Morgan fingerprint density at radius 1 is 0.583 bits per heavy atom. The van der Waals surface area contributed by atoms with E-state index in [1.807, 2.05) is 0 Å². The lowest BCUT2D eigenvalue weighted by molar-refractivity contribution is 0.341. The molecule has 0 radical (unpaired) electrons. The maximum absolute atomic E-state index is 8.74. The molecular weight excluding hydrogens is 198 g/mol. The first kappa shape index (κ1) is 12.7. The van der Waals surface area contributed by atoms with Gasteiger partial charge in [-0.1, -0.05) is 15.8 Å². The van der Waals surface area contributed by atoms with E-state index in [0.29, 0.717) is 0 Å². The van der Waals surface area contributed by atoms with E-state index in [1.165, 1.54) is 0 Å². The van der Waals surface area contributed by atoms with E-state index in [-0.39, 0.29) is 25.4 Å². The summed E-state index contributed by atoms with van der Waals surface area (Å²) in [5.41, 5.74) is 0.